The normalized spacial score (nSPS) is 17.3. The number of aromatic nitrogens is 1. The third kappa shape index (κ3) is 5.89. The van der Waals surface area contributed by atoms with Gasteiger partial charge in [-0.2, -0.15) is 0 Å². The molecule has 6 heteroatoms. The predicted molar refractivity (Wildman–Crippen MR) is 88.2 cm³/mol. The third-order valence-corrected chi connectivity index (χ3v) is 4.04. The van der Waals surface area contributed by atoms with Crippen LogP contribution >= 0.6 is 0 Å². The van der Waals surface area contributed by atoms with Crippen LogP contribution in [0.4, 0.5) is 0 Å². The van der Waals surface area contributed by atoms with Crippen LogP contribution in [0.2, 0.25) is 0 Å². The molecule has 2 heterocycles. The summed E-state index contributed by atoms with van der Waals surface area (Å²) in [5, 5.41) is 9.87. The minimum atomic E-state index is -0.462. The molecule has 1 aromatic heterocycles. The van der Waals surface area contributed by atoms with E-state index in [0.29, 0.717) is 39.3 Å². The molecule has 128 valence electrons. The molecule has 0 unspecified atom stereocenters. The Morgan fingerprint density at radius 3 is 2.70 bits per heavy atom. The number of carbonyl (C=O) groups is 1. The van der Waals surface area contributed by atoms with Crippen molar-refractivity contribution in [1.29, 1.82) is 0 Å². The number of hydrogen-bond donors (Lipinski definition) is 1. The molecule has 0 saturated carbocycles. The Hall–Kier alpha value is -1.50. The number of amides is 1. The zero-order chi connectivity index (χ0) is 16.7. The number of nitrogens with zero attached hydrogens (tertiary/aromatic N) is 3. The summed E-state index contributed by atoms with van der Waals surface area (Å²) in [7, 11) is 0. The molecular weight excluding hydrogens is 294 g/mol. The first-order valence-electron chi connectivity index (χ1n) is 8.26. The molecule has 1 aliphatic heterocycles. The highest BCUT2D eigenvalue weighted by Gasteiger charge is 2.22. The van der Waals surface area contributed by atoms with Gasteiger partial charge in [-0.25, -0.2) is 0 Å². The van der Waals surface area contributed by atoms with Gasteiger partial charge in [0.25, 0.3) is 0 Å². The van der Waals surface area contributed by atoms with E-state index in [2.05, 4.69) is 9.88 Å². The lowest BCUT2D eigenvalue weighted by atomic mass is 10.1. The molecule has 1 amide bonds. The van der Waals surface area contributed by atoms with Crippen LogP contribution in [0.25, 0.3) is 0 Å². The molecule has 1 fully saturated rings. The maximum atomic E-state index is 12.3. The van der Waals surface area contributed by atoms with Crippen LogP contribution in [0.3, 0.4) is 0 Å². The minimum absolute atomic E-state index is 0.144. The highest BCUT2D eigenvalue weighted by molar-refractivity contribution is 5.78. The fourth-order valence-corrected chi connectivity index (χ4v) is 2.67. The SMILES string of the molecule is CCOC[C@H](O)CN1CCN(C(=O)Cc2ccc(C)nc2)CC1. The van der Waals surface area contributed by atoms with E-state index in [1.165, 1.54) is 0 Å². The first-order valence-corrected chi connectivity index (χ1v) is 8.26. The van der Waals surface area contributed by atoms with Crippen LogP contribution in [0.5, 0.6) is 0 Å². The number of pyridine rings is 1. The zero-order valence-electron chi connectivity index (χ0n) is 14.1. The first kappa shape index (κ1) is 17.8. The van der Waals surface area contributed by atoms with Crippen molar-refractivity contribution in [3.63, 3.8) is 0 Å². The van der Waals surface area contributed by atoms with Gasteiger partial charge in [-0.3, -0.25) is 14.7 Å². The van der Waals surface area contributed by atoms with Crippen molar-refractivity contribution in [2.75, 3.05) is 45.9 Å². The van der Waals surface area contributed by atoms with Gasteiger partial charge in [0.1, 0.15) is 0 Å². The van der Waals surface area contributed by atoms with Gasteiger partial charge in [0, 0.05) is 51.2 Å². The van der Waals surface area contributed by atoms with Crippen LogP contribution in [-0.4, -0.2) is 77.8 Å². The fraction of sp³-hybridized carbons (Fsp3) is 0.647. The Morgan fingerprint density at radius 1 is 1.35 bits per heavy atom. The van der Waals surface area contributed by atoms with Gasteiger partial charge < -0.3 is 14.7 Å². The number of aliphatic hydroxyl groups is 1. The number of aryl methyl sites for hydroxylation is 1. The molecule has 0 radical (unpaired) electrons. The van der Waals surface area contributed by atoms with E-state index in [4.69, 9.17) is 4.74 Å². The number of β-amino-alcohol motifs (C(OH)–C–C–N with tert-alkyl or cyclic N) is 1. The summed E-state index contributed by atoms with van der Waals surface area (Å²) in [6, 6.07) is 3.89. The Bertz CT molecular complexity index is 484. The molecule has 0 bridgehead atoms. The molecule has 0 spiro atoms. The molecule has 23 heavy (non-hydrogen) atoms. The number of ether oxygens (including phenoxy) is 1. The molecule has 1 aliphatic rings. The predicted octanol–water partition coefficient (Wildman–Crippen LogP) is 0.474. The highest BCUT2D eigenvalue weighted by Crippen LogP contribution is 2.07. The molecule has 1 saturated heterocycles. The van der Waals surface area contributed by atoms with Gasteiger partial charge in [0.2, 0.25) is 5.91 Å². The lowest BCUT2D eigenvalue weighted by molar-refractivity contribution is -0.132. The number of aliphatic hydroxyl groups excluding tert-OH is 1. The van der Waals surface area contributed by atoms with Crippen LogP contribution in [0.1, 0.15) is 18.2 Å². The Morgan fingerprint density at radius 2 is 2.09 bits per heavy atom. The van der Waals surface area contributed by atoms with Crippen LogP contribution in [0.15, 0.2) is 18.3 Å². The van der Waals surface area contributed by atoms with E-state index in [-0.39, 0.29) is 5.91 Å². The van der Waals surface area contributed by atoms with E-state index < -0.39 is 6.10 Å². The molecule has 6 nitrogen and oxygen atoms in total. The fourth-order valence-electron chi connectivity index (χ4n) is 2.67. The second kappa shape index (κ2) is 8.96. The second-order valence-electron chi connectivity index (χ2n) is 5.98. The molecular formula is C17H27N3O3. The van der Waals surface area contributed by atoms with E-state index in [1.807, 2.05) is 30.9 Å². The Labute approximate surface area is 138 Å². The maximum Gasteiger partial charge on any atom is 0.227 e. The van der Waals surface area contributed by atoms with Gasteiger partial charge in [-0.05, 0) is 25.5 Å². The van der Waals surface area contributed by atoms with E-state index in [0.717, 1.165) is 24.3 Å². The van der Waals surface area contributed by atoms with Crippen molar-refractivity contribution in [1.82, 2.24) is 14.8 Å². The maximum absolute atomic E-state index is 12.3. The first-order chi connectivity index (χ1) is 11.1. The summed E-state index contributed by atoms with van der Waals surface area (Å²) in [5.41, 5.74) is 1.91. The lowest BCUT2D eigenvalue weighted by Crippen LogP contribution is -2.51. The second-order valence-corrected chi connectivity index (χ2v) is 5.98. The van der Waals surface area contributed by atoms with Gasteiger partial charge in [-0.15, -0.1) is 0 Å². The Balaban J connectivity index is 1.73. The number of piperazine rings is 1. The molecule has 0 aromatic carbocycles. The van der Waals surface area contributed by atoms with Crippen molar-refractivity contribution in [2.45, 2.75) is 26.4 Å². The van der Waals surface area contributed by atoms with Crippen LogP contribution < -0.4 is 0 Å². The monoisotopic (exact) mass is 321 g/mol. The third-order valence-electron chi connectivity index (χ3n) is 4.04. The molecule has 2 rings (SSSR count). The van der Waals surface area contributed by atoms with E-state index in [1.54, 1.807) is 6.20 Å². The highest BCUT2D eigenvalue weighted by atomic mass is 16.5. The summed E-state index contributed by atoms with van der Waals surface area (Å²) in [5.74, 6) is 0.144. The number of rotatable bonds is 7. The van der Waals surface area contributed by atoms with Crippen molar-refractivity contribution in [3.8, 4) is 0 Å². The summed E-state index contributed by atoms with van der Waals surface area (Å²) in [6.07, 6.45) is 1.71. The minimum Gasteiger partial charge on any atom is -0.389 e. The van der Waals surface area contributed by atoms with Crippen molar-refractivity contribution >= 4 is 5.91 Å². The van der Waals surface area contributed by atoms with Crippen LogP contribution in [0, 0.1) is 6.92 Å². The van der Waals surface area contributed by atoms with Crippen molar-refractivity contribution in [3.05, 3.63) is 29.6 Å². The quantitative estimate of drug-likeness (QED) is 0.791. The topological polar surface area (TPSA) is 65.9 Å². The average Bonchev–Trinajstić information content (AvgIpc) is 2.55. The lowest BCUT2D eigenvalue weighted by Gasteiger charge is -2.35. The largest absolute Gasteiger partial charge is 0.389 e. The number of hydrogen-bond acceptors (Lipinski definition) is 5. The number of carbonyl (C=O) groups excluding carboxylic acids is 1. The zero-order valence-corrected chi connectivity index (χ0v) is 14.1. The summed E-state index contributed by atoms with van der Waals surface area (Å²) >= 11 is 0. The van der Waals surface area contributed by atoms with Crippen molar-refractivity contribution < 1.29 is 14.6 Å². The Kier molecular flexibility index (Phi) is 6.95. The van der Waals surface area contributed by atoms with Gasteiger partial charge in [0.15, 0.2) is 0 Å². The smallest absolute Gasteiger partial charge is 0.227 e. The van der Waals surface area contributed by atoms with Gasteiger partial charge in [-0.1, -0.05) is 6.07 Å². The van der Waals surface area contributed by atoms with E-state index in [9.17, 15) is 9.90 Å². The van der Waals surface area contributed by atoms with Crippen LogP contribution in [-0.2, 0) is 16.0 Å². The summed E-state index contributed by atoms with van der Waals surface area (Å²) in [4.78, 5) is 20.6. The average molecular weight is 321 g/mol. The molecule has 1 atom stereocenters. The molecule has 0 aliphatic carbocycles. The molecule has 1 N–H and O–H groups in total. The summed E-state index contributed by atoms with van der Waals surface area (Å²) < 4.78 is 5.22. The summed E-state index contributed by atoms with van der Waals surface area (Å²) in [6.45, 7) is 8.44. The van der Waals surface area contributed by atoms with Gasteiger partial charge >= 0.3 is 0 Å². The van der Waals surface area contributed by atoms with E-state index >= 15 is 0 Å². The standard InChI is InChI=1S/C17H27N3O3/c1-3-23-13-16(21)12-19-6-8-20(9-7-19)17(22)10-15-5-4-14(2)18-11-15/h4-5,11,16,21H,3,6-10,12-13H2,1-2H3/t16-/m1/s1. The van der Waals surface area contributed by atoms with Crippen molar-refractivity contribution in [2.24, 2.45) is 0 Å². The molecule has 1 aromatic rings. The van der Waals surface area contributed by atoms with Gasteiger partial charge in [0.05, 0.1) is 19.1 Å².